The zero-order chi connectivity index (χ0) is 25.9. The zero-order valence-corrected chi connectivity index (χ0v) is 21.0. The second-order valence-corrected chi connectivity index (χ2v) is 10.9. The minimum Gasteiger partial charge on any atom is -0.508 e. The van der Waals surface area contributed by atoms with E-state index in [1.54, 1.807) is 57.2 Å². The van der Waals surface area contributed by atoms with E-state index in [2.05, 4.69) is 0 Å². The van der Waals surface area contributed by atoms with Gasteiger partial charge in [-0.15, -0.1) is 0 Å². The molecule has 0 atom stereocenters. The molecular weight excluding hydrogens is 478 g/mol. The lowest BCUT2D eigenvalue weighted by molar-refractivity contribution is 0.0608. The Morgan fingerprint density at radius 1 is 0.889 bits per heavy atom. The van der Waals surface area contributed by atoms with E-state index in [0.717, 1.165) is 5.56 Å². The molecule has 36 heavy (non-hydrogen) atoms. The van der Waals surface area contributed by atoms with Crippen molar-refractivity contribution in [3.63, 3.8) is 0 Å². The van der Waals surface area contributed by atoms with Crippen LogP contribution >= 0.6 is 0 Å². The van der Waals surface area contributed by atoms with Crippen LogP contribution in [-0.4, -0.2) is 25.2 Å². The Balaban J connectivity index is 1.87. The van der Waals surface area contributed by atoms with E-state index in [1.165, 1.54) is 24.3 Å². The first-order valence-electron chi connectivity index (χ1n) is 11.3. The molecule has 0 aliphatic rings. The molecule has 0 saturated heterocycles. The third-order valence-corrected chi connectivity index (χ3v) is 6.96. The molecule has 4 aromatic carbocycles. The molecule has 8 heteroatoms. The number of anilines is 1. The molecule has 0 fully saturated rings. The van der Waals surface area contributed by atoms with Gasteiger partial charge >= 0.3 is 6.09 Å². The van der Waals surface area contributed by atoms with Crippen molar-refractivity contribution in [3.05, 3.63) is 96.6 Å². The second-order valence-electron chi connectivity index (χ2n) is 9.15. The summed E-state index contributed by atoms with van der Waals surface area (Å²) >= 11 is 0. The maximum Gasteiger partial charge on any atom is 0.429 e. The minimum absolute atomic E-state index is 0.0798. The molecule has 0 bridgehead atoms. The van der Waals surface area contributed by atoms with Gasteiger partial charge in [0, 0.05) is 11.5 Å². The number of aromatic hydroxyl groups is 1. The number of nitrogens with zero attached hydrogens (tertiary/aromatic N) is 1. The van der Waals surface area contributed by atoms with E-state index in [0.29, 0.717) is 15.1 Å². The molecule has 1 amide bonds. The zero-order valence-electron chi connectivity index (χ0n) is 20.2. The standard InChI is InChI=1S/C28H27NO6S/c1-28(2,3)35-27(31)29(36(32,33)26-15-9-13-21-12-7-8-14-23(21)26)24-18-22(30)16-17-25(24)34-19-20-10-5-4-6-11-20/h4-18,30H,19H2,1-3H3. The van der Waals surface area contributed by atoms with Gasteiger partial charge in [0.2, 0.25) is 0 Å². The van der Waals surface area contributed by atoms with E-state index in [4.69, 9.17) is 9.47 Å². The van der Waals surface area contributed by atoms with Crippen LogP contribution in [0, 0.1) is 0 Å². The third kappa shape index (κ3) is 5.44. The van der Waals surface area contributed by atoms with Crippen molar-refractivity contribution < 1.29 is 27.8 Å². The highest BCUT2D eigenvalue weighted by atomic mass is 32.2. The Hall–Kier alpha value is -4.04. The quantitative estimate of drug-likeness (QED) is 0.333. The number of hydrogen-bond acceptors (Lipinski definition) is 6. The van der Waals surface area contributed by atoms with Gasteiger partial charge in [0.25, 0.3) is 10.0 Å². The number of carbonyl (C=O) groups is 1. The summed E-state index contributed by atoms with van der Waals surface area (Å²) in [5.41, 5.74) is -0.295. The monoisotopic (exact) mass is 505 g/mol. The van der Waals surface area contributed by atoms with E-state index < -0.39 is 21.7 Å². The number of amides is 1. The lowest BCUT2D eigenvalue weighted by Gasteiger charge is -2.28. The highest BCUT2D eigenvalue weighted by molar-refractivity contribution is 7.93. The Kier molecular flexibility index (Phi) is 6.90. The molecule has 0 aliphatic heterocycles. The largest absolute Gasteiger partial charge is 0.508 e. The Morgan fingerprint density at radius 3 is 2.28 bits per heavy atom. The van der Waals surface area contributed by atoms with Crippen LogP contribution in [0.25, 0.3) is 10.8 Å². The fourth-order valence-electron chi connectivity index (χ4n) is 3.67. The molecule has 0 aliphatic carbocycles. The Morgan fingerprint density at radius 2 is 1.56 bits per heavy atom. The van der Waals surface area contributed by atoms with Crippen LogP contribution in [-0.2, 0) is 21.4 Å². The van der Waals surface area contributed by atoms with Crippen LogP contribution < -0.4 is 9.04 Å². The Labute approximate surface area is 210 Å². The van der Waals surface area contributed by atoms with Crippen molar-refractivity contribution in [2.75, 3.05) is 4.31 Å². The number of hydrogen-bond donors (Lipinski definition) is 1. The smallest absolute Gasteiger partial charge is 0.429 e. The van der Waals surface area contributed by atoms with Gasteiger partial charge < -0.3 is 14.6 Å². The van der Waals surface area contributed by atoms with Gasteiger partial charge in [0.15, 0.2) is 0 Å². The van der Waals surface area contributed by atoms with Gasteiger partial charge in [-0.2, -0.15) is 4.31 Å². The van der Waals surface area contributed by atoms with Gasteiger partial charge in [-0.1, -0.05) is 66.7 Å². The number of ether oxygens (including phenoxy) is 2. The van der Waals surface area contributed by atoms with Gasteiger partial charge in [-0.25, -0.2) is 13.2 Å². The summed E-state index contributed by atoms with van der Waals surface area (Å²) in [6.45, 7) is 5.05. The maximum absolute atomic E-state index is 14.1. The number of carbonyl (C=O) groups excluding carboxylic acids is 1. The lowest BCUT2D eigenvalue weighted by atomic mass is 10.1. The maximum atomic E-state index is 14.1. The molecule has 0 unspecified atom stereocenters. The molecular formula is C28H27NO6S. The molecule has 186 valence electrons. The van der Waals surface area contributed by atoms with Crippen LogP contribution in [0.15, 0.2) is 95.9 Å². The normalized spacial score (nSPS) is 11.8. The van der Waals surface area contributed by atoms with Crippen molar-refractivity contribution in [1.29, 1.82) is 0 Å². The third-order valence-electron chi connectivity index (χ3n) is 5.23. The summed E-state index contributed by atoms with van der Waals surface area (Å²) in [5, 5.41) is 11.4. The highest BCUT2D eigenvalue weighted by Gasteiger charge is 2.37. The first-order valence-corrected chi connectivity index (χ1v) is 12.8. The van der Waals surface area contributed by atoms with Crippen molar-refractivity contribution in [1.82, 2.24) is 0 Å². The topological polar surface area (TPSA) is 93.1 Å². The van der Waals surface area contributed by atoms with Crippen molar-refractivity contribution >= 4 is 32.6 Å². The second kappa shape index (κ2) is 9.91. The summed E-state index contributed by atoms with van der Waals surface area (Å²) < 4.78 is 40.2. The predicted molar refractivity (Wildman–Crippen MR) is 139 cm³/mol. The van der Waals surface area contributed by atoms with Crippen molar-refractivity contribution in [3.8, 4) is 11.5 Å². The van der Waals surface area contributed by atoms with Gasteiger partial charge in [-0.3, -0.25) is 0 Å². The fraction of sp³-hybridized carbons (Fsp3) is 0.179. The van der Waals surface area contributed by atoms with Crippen LogP contribution in [0.3, 0.4) is 0 Å². The number of rotatable bonds is 6. The number of benzene rings is 4. The number of phenols is 1. The fourth-order valence-corrected chi connectivity index (χ4v) is 5.22. The highest BCUT2D eigenvalue weighted by Crippen LogP contribution is 2.38. The molecule has 1 N–H and O–H groups in total. The molecule has 0 saturated carbocycles. The van der Waals surface area contributed by atoms with Crippen LogP contribution in [0.4, 0.5) is 10.5 Å². The summed E-state index contributed by atoms with van der Waals surface area (Å²) in [5.74, 6) is -0.148. The van der Waals surface area contributed by atoms with Crippen molar-refractivity contribution in [2.45, 2.75) is 37.9 Å². The van der Waals surface area contributed by atoms with E-state index in [1.807, 2.05) is 30.3 Å². The summed E-state index contributed by atoms with van der Waals surface area (Å²) in [6.07, 6.45) is -1.12. The molecule has 7 nitrogen and oxygen atoms in total. The van der Waals surface area contributed by atoms with Gasteiger partial charge in [0.05, 0.1) is 4.90 Å². The summed E-state index contributed by atoms with van der Waals surface area (Å²) in [7, 11) is -4.51. The number of phenolic OH excluding ortho intramolecular Hbond substituents is 1. The van der Waals surface area contributed by atoms with Crippen LogP contribution in [0.1, 0.15) is 26.3 Å². The summed E-state index contributed by atoms with van der Waals surface area (Å²) in [4.78, 5) is 13.4. The lowest BCUT2D eigenvalue weighted by Crippen LogP contribution is -2.41. The predicted octanol–water partition coefficient (Wildman–Crippen LogP) is 6.25. The summed E-state index contributed by atoms with van der Waals surface area (Å²) in [6, 6.07) is 25.1. The molecule has 0 aromatic heterocycles. The molecule has 0 spiro atoms. The average molecular weight is 506 g/mol. The average Bonchev–Trinajstić information content (AvgIpc) is 2.82. The molecule has 0 heterocycles. The Bertz CT molecular complexity index is 1490. The molecule has 4 aromatic rings. The van der Waals surface area contributed by atoms with E-state index in [9.17, 15) is 18.3 Å². The first-order chi connectivity index (χ1) is 17.1. The molecule has 0 radical (unpaired) electrons. The van der Waals surface area contributed by atoms with Crippen molar-refractivity contribution in [2.24, 2.45) is 0 Å². The van der Waals surface area contributed by atoms with Gasteiger partial charge in [-0.05, 0) is 49.9 Å². The first kappa shape index (κ1) is 25.1. The minimum atomic E-state index is -4.51. The van der Waals surface area contributed by atoms with E-state index in [-0.39, 0.29) is 28.7 Å². The number of sulfonamides is 1. The van der Waals surface area contributed by atoms with Crippen LogP contribution in [0.2, 0.25) is 0 Å². The SMILES string of the molecule is CC(C)(C)OC(=O)N(c1cc(O)ccc1OCc1ccccc1)S(=O)(=O)c1cccc2ccccc12. The van der Waals surface area contributed by atoms with E-state index >= 15 is 0 Å². The van der Waals surface area contributed by atoms with Crippen LogP contribution in [0.5, 0.6) is 11.5 Å². The molecule has 4 rings (SSSR count). The van der Waals surface area contributed by atoms with Gasteiger partial charge in [0.1, 0.15) is 29.4 Å². The number of fused-ring (bicyclic) bond motifs is 1.